The highest BCUT2D eigenvalue weighted by Crippen LogP contribution is 2.02. The number of hydrogen-bond acceptors (Lipinski definition) is 2. The van der Waals surface area contributed by atoms with Gasteiger partial charge in [0.05, 0.1) is 0 Å². The number of nitrogens with two attached hydrogens (primary N) is 2. The molecule has 10 heavy (non-hydrogen) atoms. The van der Waals surface area contributed by atoms with Crippen LogP contribution in [-0.2, 0) is 9.59 Å². The van der Waals surface area contributed by atoms with Gasteiger partial charge in [0, 0.05) is 12.3 Å². The van der Waals surface area contributed by atoms with Crippen LogP contribution in [0.2, 0.25) is 0 Å². The molecular formula is C6H12N2O2. The third-order valence-electron chi connectivity index (χ3n) is 1.31. The third-order valence-corrected chi connectivity index (χ3v) is 1.31. The van der Waals surface area contributed by atoms with E-state index in [9.17, 15) is 9.59 Å². The van der Waals surface area contributed by atoms with E-state index < -0.39 is 5.91 Å². The highest BCUT2D eigenvalue weighted by molar-refractivity contribution is 5.78. The fraction of sp³-hybridized carbons (Fsp3) is 0.667. The van der Waals surface area contributed by atoms with Crippen molar-refractivity contribution in [1.82, 2.24) is 0 Å². The van der Waals surface area contributed by atoms with Gasteiger partial charge in [-0.3, -0.25) is 9.59 Å². The molecule has 4 heteroatoms. The number of carbonyl (C=O) groups excluding carboxylic acids is 2. The molecule has 0 heterocycles. The normalized spacial score (nSPS) is 12.5. The van der Waals surface area contributed by atoms with Crippen molar-refractivity contribution in [3.63, 3.8) is 0 Å². The van der Waals surface area contributed by atoms with Gasteiger partial charge in [0.25, 0.3) is 0 Å². The van der Waals surface area contributed by atoms with Crippen LogP contribution in [0.5, 0.6) is 0 Å². The van der Waals surface area contributed by atoms with Gasteiger partial charge in [-0.1, -0.05) is 6.92 Å². The highest BCUT2D eigenvalue weighted by atomic mass is 16.1. The largest absolute Gasteiger partial charge is 0.370 e. The lowest BCUT2D eigenvalue weighted by atomic mass is 10.1. The Labute approximate surface area is 59.6 Å². The topological polar surface area (TPSA) is 86.2 Å². The van der Waals surface area contributed by atoms with Crippen LogP contribution in [0.1, 0.15) is 19.8 Å². The molecule has 0 spiro atoms. The zero-order valence-corrected chi connectivity index (χ0v) is 5.96. The van der Waals surface area contributed by atoms with Crippen molar-refractivity contribution in [2.75, 3.05) is 0 Å². The Morgan fingerprint density at radius 2 is 1.90 bits per heavy atom. The molecule has 0 aliphatic heterocycles. The summed E-state index contributed by atoms with van der Waals surface area (Å²) < 4.78 is 0. The lowest BCUT2D eigenvalue weighted by Gasteiger charge is -2.02. The third kappa shape index (κ3) is 3.88. The minimum atomic E-state index is -0.395. The predicted molar refractivity (Wildman–Crippen MR) is 36.8 cm³/mol. The van der Waals surface area contributed by atoms with Crippen LogP contribution < -0.4 is 11.5 Å². The molecule has 0 unspecified atom stereocenters. The van der Waals surface area contributed by atoms with Crippen LogP contribution >= 0.6 is 0 Å². The fourth-order valence-electron chi connectivity index (χ4n) is 0.501. The summed E-state index contributed by atoms with van der Waals surface area (Å²) >= 11 is 0. The molecule has 4 nitrogen and oxygen atoms in total. The first-order valence-electron chi connectivity index (χ1n) is 3.11. The van der Waals surface area contributed by atoms with Gasteiger partial charge in [0.2, 0.25) is 11.8 Å². The summed E-state index contributed by atoms with van der Waals surface area (Å²) in [5, 5.41) is 0. The smallest absolute Gasteiger partial charge is 0.220 e. The molecule has 0 saturated heterocycles. The molecule has 4 N–H and O–H groups in total. The van der Waals surface area contributed by atoms with Crippen LogP contribution in [0.25, 0.3) is 0 Å². The van der Waals surface area contributed by atoms with E-state index >= 15 is 0 Å². The molecule has 0 aliphatic rings. The van der Waals surface area contributed by atoms with Crippen molar-refractivity contribution < 1.29 is 9.59 Å². The molecule has 0 fully saturated rings. The number of hydrogen-bond donors (Lipinski definition) is 2. The van der Waals surface area contributed by atoms with Crippen molar-refractivity contribution in [3.8, 4) is 0 Å². The zero-order chi connectivity index (χ0) is 8.15. The molecular weight excluding hydrogens is 132 g/mol. The van der Waals surface area contributed by atoms with Crippen LogP contribution in [0, 0.1) is 5.92 Å². The zero-order valence-electron chi connectivity index (χ0n) is 5.96. The van der Waals surface area contributed by atoms with Crippen LogP contribution in [-0.4, -0.2) is 11.8 Å². The Kier molecular flexibility index (Phi) is 3.46. The first-order valence-corrected chi connectivity index (χ1v) is 3.11. The predicted octanol–water partition coefficient (Wildman–Crippen LogP) is -0.627. The maximum atomic E-state index is 10.4. The average molecular weight is 144 g/mol. The Morgan fingerprint density at radius 3 is 2.20 bits per heavy atom. The van der Waals surface area contributed by atoms with E-state index in [4.69, 9.17) is 11.5 Å². The van der Waals surface area contributed by atoms with Crippen molar-refractivity contribution in [2.45, 2.75) is 19.8 Å². The molecule has 0 saturated carbocycles. The lowest BCUT2D eigenvalue weighted by Crippen LogP contribution is -2.22. The molecule has 0 radical (unpaired) electrons. The summed E-state index contributed by atoms with van der Waals surface area (Å²) in [6.07, 6.45) is 0.675. The van der Waals surface area contributed by atoms with Gasteiger partial charge in [-0.25, -0.2) is 0 Å². The van der Waals surface area contributed by atoms with Gasteiger partial charge < -0.3 is 11.5 Å². The van der Waals surface area contributed by atoms with E-state index in [0.29, 0.717) is 6.42 Å². The molecule has 0 aromatic rings. The van der Waals surface area contributed by atoms with Gasteiger partial charge in [0.15, 0.2) is 0 Å². The minimum Gasteiger partial charge on any atom is -0.370 e. The molecule has 0 aromatic heterocycles. The van der Waals surface area contributed by atoms with E-state index in [1.54, 1.807) is 6.92 Å². The Morgan fingerprint density at radius 1 is 1.40 bits per heavy atom. The highest BCUT2D eigenvalue weighted by Gasteiger charge is 2.08. The van der Waals surface area contributed by atoms with Crippen LogP contribution in [0.15, 0.2) is 0 Å². The second-order valence-electron chi connectivity index (χ2n) is 2.31. The second kappa shape index (κ2) is 3.87. The average Bonchev–Trinajstić information content (AvgIpc) is 1.82. The van der Waals surface area contributed by atoms with E-state index in [2.05, 4.69) is 0 Å². The Bertz CT molecular complexity index is 145. The molecule has 0 bridgehead atoms. The molecule has 0 aromatic carbocycles. The van der Waals surface area contributed by atoms with Crippen molar-refractivity contribution >= 4 is 11.8 Å². The molecule has 1 atom stereocenters. The summed E-state index contributed by atoms with van der Waals surface area (Å²) in [4.78, 5) is 20.6. The van der Waals surface area contributed by atoms with Gasteiger partial charge in [-0.15, -0.1) is 0 Å². The number of rotatable bonds is 4. The molecule has 2 amide bonds. The van der Waals surface area contributed by atoms with Crippen molar-refractivity contribution in [3.05, 3.63) is 0 Å². The molecule has 58 valence electrons. The maximum absolute atomic E-state index is 10.4. The summed E-state index contributed by atoms with van der Waals surface area (Å²) in [5.41, 5.74) is 9.78. The quantitative estimate of drug-likeness (QED) is 0.550. The second-order valence-corrected chi connectivity index (χ2v) is 2.31. The molecule has 0 aliphatic carbocycles. The van der Waals surface area contributed by atoms with Crippen LogP contribution in [0.4, 0.5) is 0 Å². The van der Waals surface area contributed by atoms with Gasteiger partial charge in [-0.05, 0) is 6.42 Å². The monoisotopic (exact) mass is 144 g/mol. The van der Waals surface area contributed by atoms with Crippen molar-refractivity contribution in [1.29, 1.82) is 0 Å². The van der Waals surface area contributed by atoms with E-state index in [-0.39, 0.29) is 18.2 Å². The maximum Gasteiger partial charge on any atom is 0.220 e. The Balaban J connectivity index is 3.49. The SMILES string of the molecule is C[C@@H](CCC(N)=O)C(N)=O. The van der Waals surface area contributed by atoms with Gasteiger partial charge >= 0.3 is 0 Å². The first-order chi connectivity index (χ1) is 4.54. The minimum absolute atomic E-state index is 0.226. The van der Waals surface area contributed by atoms with E-state index in [0.717, 1.165) is 0 Å². The van der Waals surface area contributed by atoms with Gasteiger partial charge in [-0.2, -0.15) is 0 Å². The van der Waals surface area contributed by atoms with Gasteiger partial charge in [0.1, 0.15) is 0 Å². The van der Waals surface area contributed by atoms with E-state index in [1.165, 1.54) is 0 Å². The number of amides is 2. The first kappa shape index (κ1) is 8.94. The Hall–Kier alpha value is -1.06. The fourth-order valence-corrected chi connectivity index (χ4v) is 0.501. The van der Waals surface area contributed by atoms with E-state index in [1.807, 2.05) is 0 Å². The van der Waals surface area contributed by atoms with Crippen molar-refractivity contribution in [2.24, 2.45) is 17.4 Å². The number of carbonyl (C=O) groups is 2. The number of primary amides is 2. The summed E-state index contributed by atoms with van der Waals surface area (Å²) in [6.45, 7) is 1.67. The standard InChI is InChI=1S/C6H12N2O2/c1-4(6(8)10)2-3-5(7)9/h4H,2-3H2,1H3,(H2,7,9)(H2,8,10)/t4-/m0/s1. The molecule has 0 rings (SSSR count). The van der Waals surface area contributed by atoms with Crippen LogP contribution in [0.3, 0.4) is 0 Å². The lowest BCUT2D eigenvalue weighted by molar-refractivity contribution is -0.122. The summed E-state index contributed by atoms with van der Waals surface area (Å²) in [5.74, 6) is -1.04. The summed E-state index contributed by atoms with van der Waals surface area (Å²) in [7, 11) is 0. The summed E-state index contributed by atoms with van der Waals surface area (Å²) in [6, 6.07) is 0.